The summed E-state index contributed by atoms with van der Waals surface area (Å²) in [5.41, 5.74) is 1.57. The van der Waals surface area contributed by atoms with Crippen LogP contribution in [0.3, 0.4) is 0 Å². The summed E-state index contributed by atoms with van der Waals surface area (Å²) in [6, 6.07) is 6.47. The smallest absolute Gasteiger partial charge is 0.246 e. The number of halogens is 2. The van der Waals surface area contributed by atoms with Crippen molar-refractivity contribution < 1.29 is 23.8 Å². The normalized spacial score (nSPS) is 18.7. The van der Waals surface area contributed by atoms with Gasteiger partial charge in [0.05, 0.1) is 22.5 Å². The summed E-state index contributed by atoms with van der Waals surface area (Å²) in [5, 5.41) is 22.0. The summed E-state index contributed by atoms with van der Waals surface area (Å²) < 4.78 is 30.7. The number of aliphatic hydroxyl groups is 1. The van der Waals surface area contributed by atoms with Crippen molar-refractivity contribution in [2.75, 3.05) is 24.5 Å². The number of aryl methyl sites for hydroxylation is 2. The minimum absolute atomic E-state index is 0.145. The largest absolute Gasteiger partial charge is 0.507 e. The molecule has 214 valence electrons. The molecule has 2 N–H and O–H groups in total. The van der Waals surface area contributed by atoms with E-state index in [1.54, 1.807) is 17.2 Å². The highest BCUT2D eigenvalue weighted by molar-refractivity contribution is 6.06. The molecule has 2 aromatic heterocycles. The first kappa shape index (κ1) is 28.2. The van der Waals surface area contributed by atoms with Gasteiger partial charge in [-0.1, -0.05) is 26.0 Å². The van der Waals surface area contributed by atoms with Crippen molar-refractivity contribution >= 4 is 23.2 Å². The van der Waals surface area contributed by atoms with Gasteiger partial charge in [-0.15, -0.1) is 0 Å². The van der Waals surface area contributed by atoms with E-state index in [-0.39, 0.29) is 28.9 Å². The van der Waals surface area contributed by atoms with E-state index < -0.39 is 29.4 Å². The van der Waals surface area contributed by atoms with Crippen molar-refractivity contribution in [3.05, 3.63) is 77.6 Å². The highest BCUT2D eigenvalue weighted by Crippen LogP contribution is 2.41. The molecule has 0 aliphatic carbocycles. The fraction of sp³-hybridized carbons (Fsp3) is 0.333. The first-order valence-corrected chi connectivity index (χ1v) is 13.5. The van der Waals surface area contributed by atoms with Crippen LogP contribution in [0.1, 0.15) is 37.1 Å². The van der Waals surface area contributed by atoms with E-state index in [1.807, 2.05) is 25.7 Å². The summed E-state index contributed by atoms with van der Waals surface area (Å²) in [7, 11) is 0. The van der Waals surface area contributed by atoms with E-state index in [0.29, 0.717) is 43.3 Å². The molecule has 3 aromatic rings. The molecule has 4 heterocycles. The van der Waals surface area contributed by atoms with Crippen LogP contribution < -0.4 is 4.90 Å². The molecule has 2 atom stereocenters. The Hall–Kier alpha value is -4.38. The molecule has 0 spiro atoms. The Labute approximate surface area is 237 Å². The second-order valence-corrected chi connectivity index (χ2v) is 10.2. The predicted molar refractivity (Wildman–Crippen MR) is 152 cm³/mol. The van der Waals surface area contributed by atoms with Gasteiger partial charge in [0.1, 0.15) is 28.9 Å². The van der Waals surface area contributed by atoms with Crippen LogP contribution in [0.2, 0.25) is 0 Å². The van der Waals surface area contributed by atoms with Crippen molar-refractivity contribution in [3.63, 3.8) is 0 Å². The predicted octanol–water partition coefficient (Wildman–Crippen LogP) is 4.28. The second-order valence-electron chi connectivity index (χ2n) is 10.2. The number of rotatable bonds is 5. The SMILES string of the molecule is C=CC(=O)N1CCN(C2=NC(O)N(c3c(C)ccnc3CCC)c3nc(-c4c(O)cccc4F)c(F)cc32)[C@@H](C)C1. The fourth-order valence-corrected chi connectivity index (χ4v) is 5.50. The molecular formula is C30H32F2N6O3. The summed E-state index contributed by atoms with van der Waals surface area (Å²) in [6.07, 6.45) is 2.87. The average molecular weight is 563 g/mol. The van der Waals surface area contributed by atoms with Crippen LogP contribution in [-0.2, 0) is 11.2 Å². The van der Waals surface area contributed by atoms with Crippen molar-refractivity contribution in [2.45, 2.75) is 46.0 Å². The number of carbonyl (C=O) groups excluding carboxylic acids is 1. The minimum atomic E-state index is -1.46. The van der Waals surface area contributed by atoms with Crippen LogP contribution >= 0.6 is 0 Å². The van der Waals surface area contributed by atoms with Gasteiger partial charge in [0.2, 0.25) is 12.3 Å². The number of aliphatic hydroxyl groups excluding tert-OH is 1. The first-order valence-electron chi connectivity index (χ1n) is 13.5. The minimum Gasteiger partial charge on any atom is -0.507 e. The molecule has 2 aliphatic heterocycles. The molecule has 0 saturated carbocycles. The third-order valence-corrected chi connectivity index (χ3v) is 7.44. The third kappa shape index (κ3) is 5.01. The quantitative estimate of drug-likeness (QED) is 0.447. The van der Waals surface area contributed by atoms with Gasteiger partial charge in [0.15, 0.2) is 5.82 Å². The number of pyridine rings is 2. The molecule has 1 fully saturated rings. The van der Waals surface area contributed by atoms with E-state index in [4.69, 9.17) is 0 Å². The van der Waals surface area contributed by atoms with Gasteiger partial charge in [-0.3, -0.25) is 14.7 Å². The Bertz CT molecular complexity index is 1520. The standard InChI is InChI=1S/C30H32F2N6O3/c1-5-8-22-27(17(3)11-12-33-22)38-29-19(15-21(32)26(34-29)25-20(31)9-7-10-23(25)39)28(35-30(38)41)37-14-13-36(16-18(37)4)24(40)6-2/h6-7,9-12,15,18,30,39,41H,2,5,8,13-14,16H2,1,3-4H3/t18-,30?/m0/s1. The Morgan fingerprint density at radius 3 is 2.68 bits per heavy atom. The van der Waals surface area contributed by atoms with Crippen molar-refractivity contribution in [2.24, 2.45) is 4.99 Å². The van der Waals surface area contributed by atoms with E-state index >= 15 is 4.39 Å². The lowest BCUT2D eigenvalue weighted by molar-refractivity contribution is -0.128. The van der Waals surface area contributed by atoms with Crippen LogP contribution in [0.25, 0.3) is 11.3 Å². The summed E-state index contributed by atoms with van der Waals surface area (Å²) in [4.78, 5) is 31.0. The Morgan fingerprint density at radius 2 is 2.00 bits per heavy atom. The number of benzene rings is 1. The number of anilines is 2. The van der Waals surface area contributed by atoms with Crippen LogP contribution in [0, 0.1) is 18.6 Å². The molecular weight excluding hydrogens is 530 g/mol. The molecule has 2 aliphatic rings. The van der Waals surface area contributed by atoms with Crippen molar-refractivity contribution in [1.82, 2.24) is 19.8 Å². The van der Waals surface area contributed by atoms with Crippen LogP contribution in [0.4, 0.5) is 20.3 Å². The zero-order chi connectivity index (χ0) is 29.4. The Morgan fingerprint density at radius 1 is 1.22 bits per heavy atom. The Balaban J connectivity index is 1.71. The van der Waals surface area contributed by atoms with Crippen LogP contribution in [0.5, 0.6) is 5.75 Å². The van der Waals surface area contributed by atoms with E-state index in [0.717, 1.165) is 18.1 Å². The molecule has 5 rings (SSSR count). The molecule has 1 aromatic carbocycles. The molecule has 41 heavy (non-hydrogen) atoms. The average Bonchev–Trinajstić information content (AvgIpc) is 2.94. The monoisotopic (exact) mass is 562 g/mol. The second kappa shape index (κ2) is 11.2. The van der Waals surface area contributed by atoms with Gasteiger partial charge >= 0.3 is 0 Å². The number of aliphatic imine (C=N–C) groups is 1. The number of phenols is 1. The zero-order valence-corrected chi connectivity index (χ0v) is 23.2. The summed E-state index contributed by atoms with van der Waals surface area (Å²) in [6.45, 7) is 10.5. The van der Waals surface area contributed by atoms with E-state index in [1.165, 1.54) is 29.2 Å². The molecule has 1 unspecified atom stereocenters. The number of piperazine rings is 1. The number of nitrogens with zero attached hydrogens (tertiary/aromatic N) is 6. The van der Waals surface area contributed by atoms with E-state index in [2.05, 4.69) is 21.5 Å². The lowest BCUT2D eigenvalue weighted by Gasteiger charge is -2.44. The molecule has 9 nitrogen and oxygen atoms in total. The molecule has 0 radical (unpaired) electrons. The first-order chi connectivity index (χ1) is 19.7. The number of carbonyl (C=O) groups is 1. The maximum atomic E-state index is 15.8. The van der Waals surface area contributed by atoms with Crippen molar-refractivity contribution in [1.29, 1.82) is 0 Å². The number of phenolic OH excluding ortho intramolecular Hbond substituents is 1. The van der Waals surface area contributed by atoms with Crippen LogP contribution in [-0.4, -0.2) is 73.8 Å². The Kier molecular flexibility index (Phi) is 7.72. The van der Waals surface area contributed by atoms with Crippen LogP contribution in [0.15, 0.2) is 54.2 Å². The van der Waals surface area contributed by atoms with Gasteiger partial charge < -0.3 is 20.0 Å². The zero-order valence-electron chi connectivity index (χ0n) is 23.2. The molecule has 11 heteroatoms. The highest BCUT2D eigenvalue weighted by atomic mass is 19.1. The molecule has 1 amide bonds. The van der Waals surface area contributed by atoms with Gasteiger partial charge in [-0.05, 0) is 56.2 Å². The number of fused-ring (bicyclic) bond motifs is 1. The summed E-state index contributed by atoms with van der Waals surface area (Å²) in [5.74, 6) is -1.91. The molecule has 0 bridgehead atoms. The number of aromatic nitrogens is 2. The number of hydrogen-bond donors (Lipinski definition) is 2. The number of hydrogen-bond acceptors (Lipinski definition) is 8. The maximum absolute atomic E-state index is 15.8. The highest BCUT2D eigenvalue weighted by Gasteiger charge is 2.38. The number of aromatic hydroxyl groups is 1. The van der Waals surface area contributed by atoms with Gasteiger partial charge in [0, 0.05) is 31.9 Å². The van der Waals surface area contributed by atoms with Gasteiger partial charge in [-0.25, -0.2) is 18.8 Å². The van der Waals surface area contributed by atoms with Gasteiger partial charge in [0.25, 0.3) is 0 Å². The van der Waals surface area contributed by atoms with Crippen molar-refractivity contribution in [3.8, 4) is 17.0 Å². The number of amidine groups is 1. The lowest BCUT2D eigenvalue weighted by atomic mass is 10.0. The van der Waals surface area contributed by atoms with Gasteiger partial charge in [-0.2, -0.15) is 0 Å². The maximum Gasteiger partial charge on any atom is 0.246 e. The summed E-state index contributed by atoms with van der Waals surface area (Å²) >= 11 is 0. The number of amides is 1. The lowest BCUT2D eigenvalue weighted by Crippen LogP contribution is -2.56. The van der Waals surface area contributed by atoms with E-state index in [9.17, 15) is 19.4 Å². The third-order valence-electron chi connectivity index (χ3n) is 7.44. The fourth-order valence-electron chi connectivity index (χ4n) is 5.50. The topological polar surface area (TPSA) is 105 Å². The molecule has 1 saturated heterocycles.